The van der Waals surface area contributed by atoms with Crippen molar-refractivity contribution in [1.82, 2.24) is 59.4 Å². The van der Waals surface area contributed by atoms with Crippen LogP contribution < -0.4 is 37.2 Å². The maximum atomic E-state index is 15.0. The Balaban J connectivity index is 0.000000261. The van der Waals surface area contributed by atoms with Crippen molar-refractivity contribution in [2.75, 3.05) is 44.9 Å². The molecule has 8 N–H and O–H groups in total. The molecule has 2 aliphatic heterocycles. The predicted molar refractivity (Wildman–Crippen MR) is 324 cm³/mol. The molecular formula is C57H81N13O16P2. The molecule has 88 heavy (non-hydrogen) atoms. The van der Waals surface area contributed by atoms with E-state index in [0.29, 0.717) is 37.2 Å². The molecule has 4 aromatic heterocycles. The number of H-pyrrole nitrogens is 2. The quantitative estimate of drug-likeness (QED) is 0.0173. The van der Waals surface area contributed by atoms with Crippen molar-refractivity contribution in [3.63, 3.8) is 0 Å². The fourth-order valence-electron chi connectivity index (χ4n) is 9.40. The summed E-state index contributed by atoms with van der Waals surface area (Å²) in [6, 6.07) is 14.6. The number of aromatic amines is 2. The number of hydrogen-bond acceptors (Lipinski definition) is 21. The van der Waals surface area contributed by atoms with Crippen LogP contribution in [0.15, 0.2) is 82.9 Å². The first-order valence-electron chi connectivity index (χ1n) is 29.2. The minimum atomic E-state index is -3.93. The van der Waals surface area contributed by atoms with Crippen molar-refractivity contribution in [2.24, 2.45) is 0 Å². The van der Waals surface area contributed by atoms with Crippen LogP contribution in [0.4, 0.5) is 5.95 Å². The number of ether oxygens (including phenoxy) is 8. The molecule has 0 unspecified atom stereocenters. The average Bonchev–Trinajstić information content (AvgIpc) is 3.45. The van der Waals surface area contributed by atoms with Crippen molar-refractivity contribution in [1.29, 1.82) is 0 Å². The van der Waals surface area contributed by atoms with Crippen molar-refractivity contribution < 1.29 is 66.2 Å². The number of aromatic nitrogens is 8. The largest absolute Gasteiger partial charge is 0.465 e. The van der Waals surface area contributed by atoms with Crippen LogP contribution in [0.1, 0.15) is 110 Å². The number of fused-ring (bicyclic) bond motifs is 2. The molecule has 29 nitrogen and oxygen atoms in total. The molecule has 0 radical (unpaired) electrons. The van der Waals surface area contributed by atoms with Gasteiger partial charge in [0.1, 0.15) is 55.1 Å². The fraction of sp³-hybridized carbons (Fsp3) is 0.544. The van der Waals surface area contributed by atoms with E-state index < -0.39 is 99.5 Å². The number of nitrogen functional groups attached to an aromatic ring is 1. The van der Waals surface area contributed by atoms with E-state index in [4.69, 9.17) is 43.6 Å². The van der Waals surface area contributed by atoms with Gasteiger partial charge in [-0.15, -0.1) is 0 Å². The van der Waals surface area contributed by atoms with E-state index in [2.05, 4.69) is 50.3 Å². The molecule has 8 rings (SSSR count). The number of rotatable bonds is 30. The lowest BCUT2D eigenvalue weighted by molar-refractivity contribution is -0.149. The van der Waals surface area contributed by atoms with Crippen LogP contribution in [0.2, 0.25) is 0 Å². The third-order valence-electron chi connectivity index (χ3n) is 13.5. The molecule has 2 saturated heterocycles. The monoisotopic (exact) mass is 1270 g/mol. The van der Waals surface area contributed by atoms with Gasteiger partial charge in [-0.05, 0) is 85.3 Å². The zero-order valence-corrected chi connectivity index (χ0v) is 52.7. The molecule has 2 aromatic carbocycles. The molecule has 8 atom stereocenters. The molecular weight excluding hydrogens is 1180 g/mol. The zero-order valence-electron chi connectivity index (χ0n) is 50.9. The summed E-state index contributed by atoms with van der Waals surface area (Å²) in [5.41, 5.74) is 7.55. The predicted octanol–water partition coefficient (Wildman–Crippen LogP) is 5.21. The van der Waals surface area contributed by atoms with E-state index in [0.717, 1.165) is 11.1 Å². The highest BCUT2D eigenvalue weighted by Gasteiger charge is 2.40. The van der Waals surface area contributed by atoms with Crippen LogP contribution in [-0.2, 0) is 79.0 Å². The standard InChI is InChI=1S/C34H44N7O8P.C23H37N6O8P/c1-3-15-46-32(43)26(17-23-11-7-5-8-12-23)39-50(45,40-27(33(44)47-16-4-2)18-24-13-9-6-10-14-24)22-49-25-19-28(48-20-25)41-21-36-29-30(41)37-34(35)38-31(29)42;1-12(2)36-22(31)14(5)27-38(33,28-15(6)23(32)37-13(3)4)11-35-17-8-18(34-9-17)29-10-24-19-20(29)25-16(7)26-21(19)30/h5-14,21,25-28H,3-4,15-20,22H2,1-2H3,(H2,39,40,45)(H3,35,37,38,42);10,12-15,17-18H,8-9,11H2,1-7H3,(H,25,26,30)(H2,27,28,33)/t25-,26+,27+,28-;14-,15-,17+,18+/m10/s1. The summed E-state index contributed by atoms with van der Waals surface area (Å²) in [4.78, 5) is 97.8. The lowest BCUT2D eigenvalue weighted by atomic mass is 10.1. The number of esters is 4. The van der Waals surface area contributed by atoms with E-state index in [1.165, 1.54) is 26.5 Å². The van der Waals surface area contributed by atoms with Gasteiger partial charge in [0.05, 0.1) is 63.5 Å². The summed E-state index contributed by atoms with van der Waals surface area (Å²) < 4.78 is 77.5. The Morgan fingerprint density at radius 2 is 1.03 bits per heavy atom. The summed E-state index contributed by atoms with van der Waals surface area (Å²) in [5.74, 6) is -1.95. The lowest BCUT2D eigenvalue weighted by Crippen LogP contribution is -2.47. The zero-order chi connectivity index (χ0) is 63.7. The molecule has 0 amide bonds. The molecule has 6 heterocycles. The van der Waals surface area contributed by atoms with Gasteiger partial charge in [0.2, 0.25) is 20.8 Å². The van der Waals surface area contributed by atoms with Crippen LogP contribution in [-0.4, -0.2) is 151 Å². The van der Waals surface area contributed by atoms with Crippen LogP contribution in [0.5, 0.6) is 0 Å². The molecule has 0 spiro atoms. The lowest BCUT2D eigenvalue weighted by Gasteiger charge is -2.29. The number of carbonyl (C=O) groups is 4. The van der Waals surface area contributed by atoms with E-state index in [9.17, 15) is 33.3 Å². The second kappa shape index (κ2) is 31.9. The van der Waals surface area contributed by atoms with Crippen LogP contribution in [0.25, 0.3) is 22.3 Å². The average molecular weight is 1270 g/mol. The topological polar surface area (TPSA) is 378 Å². The van der Waals surface area contributed by atoms with E-state index in [1.54, 1.807) is 43.8 Å². The number of nitrogens with two attached hydrogens (primary N) is 1. The summed E-state index contributed by atoms with van der Waals surface area (Å²) >= 11 is 0. The number of anilines is 1. The first kappa shape index (κ1) is 68.5. The van der Waals surface area contributed by atoms with Crippen molar-refractivity contribution in [3.8, 4) is 0 Å². The van der Waals surface area contributed by atoms with Gasteiger partial charge in [0.25, 0.3) is 11.1 Å². The van der Waals surface area contributed by atoms with Crippen LogP contribution >= 0.6 is 14.9 Å². The number of benzene rings is 2. The molecule has 0 bridgehead atoms. The Hall–Kier alpha value is -7.04. The molecule has 2 aliphatic rings. The van der Waals surface area contributed by atoms with Gasteiger partial charge in [0, 0.05) is 12.8 Å². The van der Waals surface area contributed by atoms with Gasteiger partial charge < -0.3 is 48.6 Å². The van der Waals surface area contributed by atoms with E-state index in [1.807, 2.05) is 74.5 Å². The van der Waals surface area contributed by atoms with Gasteiger partial charge in [-0.25, -0.2) is 35.3 Å². The Kier molecular flexibility index (Phi) is 24.8. The van der Waals surface area contributed by atoms with Crippen LogP contribution in [0, 0.1) is 6.92 Å². The Morgan fingerprint density at radius 3 is 1.45 bits per heavy atom. The molecule has 31 heteroatoms. The Morgan fingerprint density at radius 1 is 0.625 bits per heavy atom. The van der Waals surface area contributed by atoms with Crippen molar-refractivity contribution >= 4 is 67.0 Å². The number of aryl methyl sites for hydroxylation is 1. The first-order chi connectivity index (χ1) is 41.9. The third kappa shape index (κ3) is 19.5. The molecule has 480 valence electrons. The van der Waals surface area contributed by atoms with Gasteiger partial charge >= 0.3 is 23.9 Å². The minimum Gasteiger partial charge on any atom is -0.465 e. The molecule has 6 aromatic rings. The Labute approximate surface area is 508 Å². The second-order valence-corrected chi connectivity index (χ2v) is 26.4. The number of carbonyl (C=O) groups excluding carboxylic acids is 4. The number of nitrogens with zero attached hydrogens (tertiary/aromatic N) is 6. The normalized spacial score (nSPS) is 18.4. The highest BCUT2D eigenvalue weighted by molar-refractivity contribution is 7.60. The maximum absolute atomic E-state index is 15.0. The van der Waals surface area contributed by atoms with Gasteiger partial charge in [-0.3, -0.25) is 52.0 Å². The number of imidazole rings is 2. The SMILES string of the molecule is CCCOC(=O)[C@H](Cc1ccccc1)NP(=O)(CO[C@H]1CO[C@@H](n2cnc3c(=O)[nH]c(N)nc32)C1)N[C@@H](Cc1ccccc1)C(=O)OCCC.Cc1nc2c(ncn2[C@H]2C[C@@H](OCP(=O)(N[C@@H](C)C(=O)OC(C)C)N[C@@H](C)C(=O)OC(C)C)CO2)c(=O)[nH]1. The number of nitrogens with one attached hydrogen (secondary N) is 6. The smallest absolute Gasteiger partial charge is 0.323 e. The highest BCUT2D eigenvalue weighted by atomic mass is 31.2. The minimum absolute atomic E-state index is 0.0572. The summed E-state index contributed by atoms with van der Waals surface area (Å²) in [6.07, 6.45) is 1.62. The van der Waals surface area contributed by atoms with Crippen LogP contribution in [0.3, 0.4) is 0 Å². The molecule has 2 fully saturated rings. The van der Waals surface area contributed by atoms with E-state index >= 15 is 4.57 Å². The fourth-order valence-corrected chi connectivity index (χ4v) is 13.5. The highest BCUT2D eigenvalue weighted by Crippen LogP contribution is 2.42. The molecule has 0 saturated carbocycles. The van der Waals surface area contributed by atoms with Crippen molar-refractivity contribution in [3.05, 3.63) is 111 Å². The second-order valence-electron chi connectivity index (χ2n) is 21.9. The maximum Gasteiger partial charge on any atom is 0.323 e. The number of hydrogen-bond donors (Lipinski definition) is 7. The van der Waals surface area contributed by atoms with E-state index in [-0.39, 0.29) is 86.0 Å². The van der Waals surface area contributed by atoms with Crippen molar-refractivity contribution in [2.45, 2.75) is 162 Å². The van der Waals surface area contributed by atoms with Gasteiger partial charge in [-0.2, -0.15) is 4.98 Å². The third-order valence-corrected chi connectivity index (χ3v) is 17.6. The molecule has 0 aliphatic carbocycles. The summed E-state index contributed by atoms with van der Waals surface area (Å²) in [6.45, 7) is 16.0. The van der Waals surface area contributed by atoms with Gasteiger partial charge in [0.15, 0.2) is 22.3 Å². The summed E-state index contributed by atoms with van der Waals surface area (Å²) in [7, 11) is -7.60. The Bertz CT molecular complexity index is 3410. The summed E-state index contributed by atoms with van der Waals surface area (Å²) in [5, 5.41) is 11.6. The first-order valence-corrected chi connectivity index (χ1v) is 33.0. The van der Waals surface area contributed by atoms with Gasteiger partial charge in [-0.1, -0.05) is 74.5 Å².